The van der Waals surface area contributed by atoms with Crippen LogP contribution in [0.15, 0.2) is 85.2 Å². The summed E-state index contributed by atoms with van der Waals surface area (Å²) in [5, 5.41) is 16.7. The highest BCUT2D eigenvalue weighted by atomic mass is 32.1. The summed E-state index contributed by atoms with van der Waals surface area (Å²) in [6, 6.07) is 22.4. The van der Waals surface area contributed by atoms with E-state index in [4.69, 9.17) is 17.0 Å². The Morgan fingerprint density at radius 1 is 1.11 bits per heavy atom. The Hall–Kier alpha value is -4.21. The molecule has 3 heterocycles. The third kappa shape index (κ3) is 4.91. The number of ether oxygens (including phenoxy) is 1. The highest BCUT2D eigenvalue weighted by Crippen LogP contribution is 2.43. The first-order chi connectivity index (χ1) is 18.0. The minimum Gasteiger partial charge on any atom is -0.508 e. The molecule has 2 unspecified atom stereocenters. The van der Waals surface area contributed by atoms with Gasteiger partial charge in [0.15, 0.2) is 5.11 Å². The number of pyridine rings is 1. The van der Waals surface area contributed by atoms with E-state index >= 15 is 0 Å². The topological polar surface area (TPSA) is 91.7 Å². The Morgan fingerprint density at radius 3 is 2.59 bits per heavy atom. The van der Waals surface area contributed by atoms with E-state index in [1.165, 1.54) is 7.11 Å². The van der Waals surface area contributed by atoms with Crippen LogP contribution >= 0.6 is 12.2 Å². The predicted molar refractivity (Wildman–Crippen MR) is 147 cm³/mol. The minimum absolute atomic E-state index is 0.0105. The quantitative estimate of drug-likeness (QED) is 0.310. The van der Waals surface area contributed by atoms with Crippen molar-refractivity contribution in [1.82, 2.24) is 14.9 Å². The molecule has 5 rings (SSSR count). The molecule has 1 fully saturated rings. The average Bonchev–Trinajstić information content (AvgIpc) is 3.51. The maximum atomic E-state index is 12.1. The SMILES string of the molecule is COCC(=O)Nc1ccc(N2C(=S)NC(c3ccccn3)C2c2cccn2-c2ccc(O)cc2)cc1C. The number of aromatic nitrogens is 2. The highest BCUT2D eigenvalue weighted by molar-refractivity contribution is 7.80. The van der Waals surface area contributed by atoms with Crippen molar-refractivity contribution < 1.29 is 14.6 Å². The number of aromatic hydroxyl groups is 1. The van der Waals surface area contributed by atoms with Crippen LogP contribution in [0.3, 0.4) is 0 Å². The number of thiocarbonyl (C=S) groups is 1. The minimum atomic E-state index is -0.223. The number of rotatable bonds is 7. The molecule has 1 amide bonds. The molecule has 0 aliphatic carbocycles. The van der Waals surface area contributed by atoms with Gasteiger partial charge in [-0.3, -0.25) is 9.78 Å². The fraction of sp³-hybridized carbons (Fsp3) is 0.179. The van der Waals surface area contributed by atoms with Gasteiger partial charge in [-0.05, 0) is 91.4 Å². The van der Waals surface area contributed by atoms with E-state index in [0.717, 1.165) is 28.3 Å². The van der Waals surface area contributed by atoms with Gasteiger partial charge < -0.3 is 29.9 Å². The van der Waals surface area contributed by atoms with Crippen molar-refractivity contribution in [2.75, 3.05) is 23.9 Å². The zero-order valence-corrected chi connectivity index (χ0v) is 21.3. The van der Waals surface area contributed by atoms with E-state index in [0.29, 0.717) is 10.8 Å². The van der Waals surface area contributed by atoms with Gasteiger partial charge in [-0.25, -0.2) is 0 Å². The fourth-order valence-corrected chi connectivity index (χ4v) is 5.02. The number of hydrogen-bond acceptors (Lipinski definition) is 5. The Labute approximate surface area is 220 Å². The number of phenolic OH excluding ortho intramolecular Hbond substituents is 1. The Morgan fingerprint density at radius 2 is 1.89 bits per heavy atom. The van der Waals surface area contributed by atoms with Crippen molar-refractivity contribution in [3.63, 3.8) is 0 Å². The lowest BCUT2D eigenvalue weighted by molar-refractivity contribution is -0.119. The second-order valence-electron chi connectivity index (χ2n) is 8.80. The molecule has 0 saturated carbocycles. The van der Waals surface area contributed by atoms with Gasteiger partial charge in [0.2, 0.25) is 5.91 Å². The molecule has 9 heteroatoms. The molecular weight excluding hydrogens is 486 g/mol. The average molecular weight is 514 g/mol. The van der Waals surface area contributed by atoms with Gasteiger partial charge in [-0.2, -0.15) is 0 Å². The number of hydrogen-bond donors (Lipinski definition) is 3. The molecule has 37 heavy (non-hydrogen) atoms. The number of nitrogens with one attached hydrogen (secondary N) is 2. The van der Waals surface area contributed by atoms with Gasteiger partial charge in [0, 0.05) is 42.3 Å². The summed E-state index contributed by atoms with van der Waals surface area (Å²) in [5.41, 5.74) is 5.30. The number of phenols is 1. The van der Waals surface area contributed by atoms with Crippen molar-refractivity contribution in [1.29, 1.82) is 0 Å². The smallest absolute Gasteiger partial charge is 0.250 e. The molecule has 8 nitrogen and oxygen atoms in total. The number of benzene rings is 2. The second-order valence-corrected chi connectivity index (χ2v) is 9.18. The third-order valence-corrected chi connectivity index (χ3v) is 6.66. The summed E-state index contributed by atoms with van der Waals surface area (Å²) in [7, 11) is 1.49. The van der Waals surface area contributed by atoms with E-state index in [1.54, 1.807) is 18.3 Å². The zero-order chi connectivity index (χ0) is 25.9. The van der Waals surface area contributed by atoms with E-state index in [-0.39, 0.29) is 30.3 Å². The van der Waals surface area contributed by atoms with E-state index in [2.05, 4.69) is 31.2 Å². The molecule has 2 aromatic heterocycles. The van der Waals surface area contributed by atoms with Crippen molar-refractivity contribution >= 4 is 34.6 Å². The van der Waals surface area contributed by atoms with Gasteiger partial charge >= 0.3 is 0 Å². The Bertz CT molecular complexity index is 1420. The lowest BCUT2D eigenvalue weighted by Gasteiger charge is -2.29. The number of aryl methyl sites for hydroxylation is 1. The first kappa shape index (κ1) is 24.5. The van der Waals surface area contributed by atoms with E-state index in [9.17, 15) is 9.90 Å². The van der Waals surface area contributed by atoms with Crippen molar-refractivity contribution in [2.24, 2.45) is 0 Å². The van der Waals surface area contributed by atoms with Crippen LogP contribution in [0.25, 0.3) is 5.69 Å². The molecule has 2 atom stereocenters. The van der Waals surface area contributed by atoms with Crippen LogP contribution in [0.2, 0.25) is 0 Å². The summed E-state index contributed by atoms with van der Waals surface area (Å²) in [6.07, 6.45) is 3.77. The number of anilines is 2. The van der Waals surface area contributed by atoms with Crippen molar-refractivity contribution in [2.45, 2.75) is 19.0 Å². The zero-order valence-electron chi connectivity index (χ0n) is 20.5. The fourth-order valence-electron chi connectivity index (χ4n) is 4.67. The van der Waals surface area contributed by atoms with Crippen molar-refractivity contribution in [3.8, 4) is 11.4 Å². The van der Waals surface area contributed by atoms with Crippen LogP contribution in [0.1, 0.15) is 29.0 Å². The first-order valence-electron chi connectivity index (χ1n) is 11.8. The maximum Gasteiger partial charge on any atom is 0.250 e. The molecule has 188 valence electrons. The number of amides is 1. The first-order valence-corrected chi connectivity index (χ1v) is 12.2. The van der Waals surface area contributed by atoms with Crippen LogP contribution < -0.4 is 15.5 Å². The standard InChI is InChI=1S/C28H27N5O3S/c1-18-16-20(10-13-22(18)30-25(35)17-36-2)33-27(26(31-28(33)37)23-6-3-4-14-29-23)24-7-5-15-32(24)19-8-11-21(34)12-9-19/h3-16,26-27,34H,17H2,1-2H3,(H,30,35)(H,31,37). The predicted octanol–water partition coefficient (Wildman–Crippen LogP) is 4.65. The lowest BCUT2D eigenvalue weighted by Crippen LogP contribution is -2.30. The molecule has 0 spiro atoms. The maximum absolute atomic E-state index is 12.1. The largest absolute Gasteiger partial charge is 0.508 e. The summed E-state index contributed by atoms with van der Waals surface area (Å²) < 4.78 is 7.02. The molecule has 0 bridgehead atoms. The Balaban J connectivity index is 1.58. The molecule has 0 radical (unpaired) electrons. The van der Waals surface area contributed by atoms with E-state index < -0.39 is 0 Å². The summed E-state index contributed by atoms with van der Waals surface area (Å²) in [5.74, 6) is -0.00108. The van der Waals surface area contributed by atoms with Gasteiger partial charge in [0.1, 0.15) is 18.4 Å². The molecule has 1 saturated heterocycles. The molecule has 4 aromatic rings. The van der Waals surface area contributed by atoms with Crippen LogP contribution in [-0.2, 0) is 9.53 Å². The Kier molecular flexibility index (Phi) is 6.89. The van der Waals surface area contributed by atoms with Crippen molar-refractivity contribution in [3.05, 3.63) is 102 Å². The number of carbonyl (C=O) groups excluding carboxylic acids is 1. The van der Waals surface area contributed by atoms with Crippen LogP contribution in [0.5, 0.6) is 5.75 Å². The third-order valence-electron chi connectivity index (χ3n) is 6.35. The molecule has 3 N–H and O–H groups in total. The van der Waals surface area contributed by atoms with Gasteiger partial charge in [0.05, 0.1) is 11.7 Å². The number of methoxy groups -OCH3 is 1. The van der Waals surface area contributed by atoms with E-state index in [1.807, 2.05) is 67.7 Å². The summed E-state index contributed by atoms with van der Waals surface area (Å²) >= 11 is 5.87. The lowest BCUT2D eigenvalue weighted by atomic mass is 10.00. The monoisotopic (exact) mass is 513 g/mol. The van der Waals surface area contributed by atoms with Crippen LogP contribution in [-0.4, -0.2) is 39.4 Å². The number of carbonyl (C=O) groups is 1. The molecular formula is C28H27N5O3S. The molecule has 2 aromatic carbocycles. The molecule has 1 aliphatic rings. The highest BCUT2D eigenvalue weighted by Gasteiger charge is 2.42. The van der Waals surface area contributed by atoms with Crippen LogP contribution in [0.4, 0.5) is 11.4 Å². The van der Waals surface area contributed by atoms with Gasteiger partial charge in [0.25, 0.3) is 0 Å². The number of nitrogens with zero attached hydrogens (tertiary/aromatic N) is 3. The van der Waals surface area contributed by atoms with Crippen LogP contribution in [0, 0.1) is 6.92 Å². The summed E-state index contributed by atoms with van der Waals surface area (Å²) in [6.45, 7) is 1.94. The second kappa shape index (κ2) is 10.4. The van der Waals surface area contributed by atoms with Gasteiger partial charge in [-0.1, -0.05) is 6.07 Å². The molecule has 1 aliphatic heterocycles. The van der Waals surface area contributed by atoms with Gasteiger partial charge in [-0.15, -0.1) is 0 Å². The normalized spacial score (nSPS) is 17.0. The summed E-state index contributed by atoms with van der Waals surface area (Å²) in [4.78, 5) is 18.8.